The van der Waals surface area contributed by atoms with Crippen molar-refractivity contribution in [3.63, 3.8) is 0 Å². The van der Waals surface area contributed by atoms with Crippen molar-refractivity contribution in [1.82, 2.24) is 10.7 Å². The molecule has 2 aromatic carbocycles. The summed E-state index contributed by atoms with van der Waals surface area (Å²) in [6.07, 6.45) is 1.44. The van der Waals surface area contributed by atoms with Gasteiger partial charge in [-0.3, -0.25) is 9.59 Å². The van der Waals surface area contributed by atoms with Gasteiger partial charge in [0.05, 0.1) is 35.5 Å². The molecule has 2 N–H and O–H groups in total. The van der Waals surface area contributed by atoms with Crippen LogP contribution in [0.5, 0.6) is 11.5 Å². The van der Waals surface area contributed by atoms with Crippen LogP contribution in [0.15, 0.2) is 39.9 Å². The molecule has 7 nitrogen and oxygen atoms in total. The Morgan fingerprint density at radius 3 is 2.35 bits per heavy atom. The second-order valence-electron chi connectivity index (χ2n) is 6.78. The minimum atomic E-state index is -0.833. The Morgan fingerprint density at radius 1 is 1.10 bits per heavy atom. The van der Waals surface area contributed by atoms with Crippen molar-refractivity contribution >= 4 is 57.2 Å². The van der Waals surface area contributed by atoms with Crippen LogP contribution in [0.25, 0.3) is 0 Å². The summed E-state index contributed by atoms with van der Waals surface area (Å²) in [6.45, 7) is 3.61. The molecule has 0 aliphatic rings. The molecule has 0 aromatic heterocycles. The Bertz CT molecular complexity index is 999. The summed E-state index contributed by atoms with van der Waals surface area (Å²) >= 11 is 15.4. The topological polar surface area (TPSA) is 89.0 Å². The van der Waals surface area contributed by atoms with Crippen LogP contribution in [-0.4, -0.2) is 38.3 Å². The van der Waals surface area contributed by atoms with Crippen LogP contribution < -0.4 is 20.2 Å². The SMILES string of the molecule is COc1cc(OC)c(/C=N\NC(=O)C(NC(=O)c2ccc(Cl)cc2Cl)C(C)C)cc1Br. The number of nitrogens with zero attached hydrogens (tertiary/aromatic N) is 1. The minimum Gasteiger partial charge on any atom is -0.496 e. The predicted octanol–water partition coefficient (Wildman–Crippen LogP) is 4.68. The molecule has 0 fully saturated rings. The first-order valence-corrected chi connectivity index (χ1v) is 10.7. The average molecular weight is 531 g/mol. The van der Waals surface area contributed by atoms with Crippen LogP contribution in [0, 0.1) is 5.92 Å². The molecule has 0 saturated heterocycles. The normalized spacial score (nSPS) is 12.0. The molecule has 31 heavy (non-hydrogen) atoms. The number of hydrogen-bond acceptors (Lipinski definition) is 5. The number of hydrazone groups is 1. The van der Waals surface area contributed by atoms with Gasteiger partial charge in [0.1, 0.15) is 17.5 Å². The maximum Gasteiger partial charge on any atom is 0.262 e. The molecule has 1 atom stereocenters. The molecule has 0 aliphatic carbocycles. The monoisotopic (exact) mass is 529 g/mol. The first-order chi connectivity index (χ1) is 14.7. The molecule has 166 valence electrons. The lowest BCUT2D eigenvalue weighted by Crippen LogP contribution is -2.48. The van der Waals surface area contributed by atoms with Gasteiger partial charge in [-0.1, -0.05) is 37.0 Å². The Labute approximate surface area is 199 Å². The smallest absolute Gasteiger partial charge is 0.262 e. The molecular formula is C21H22BrCl2N3O4. The van der Waals surface area contributed by atoms with Crippen molar-refractivity contribution in [2.24, 2.45) is 11.0 Å². The molecule has 0 heterocycles. The van der Waals surface area contributed by atoms with E-state index in [1.165, 1.54) is 25.5 Å². The zero-order chi connectivity index (χ0) is 23.1. The van der Waals surface area contributed by atoms with Gasteiger partial charge in [-0.15, -0.1) is 0 Å². The van der Waals surface area contributed by atoms with Crippen molar-refractivity contribution in [3.8, 4) is 11.5 Å². The number of hydrogen-bond donors (Lipinski definition) is 2. The summed E-state index contributed by atoms with van der Waals surface area (Å²) in [6, 6.07) is 7.13. The molecule has 2 rings (SSSR count). The van der Waals surface area contributed by atoms with E-state index in [0.717, 1.165) is 0 Å². The van der Waals surface area contributed by atoms with Gasteiger partial charge in [-0.25, -0.2) is 5.43 Å². The van der Waals surface area contributed by atoms with E-state index in [2.05, 4.69) is 31.8 Å². The predicted molar refractivity (Wildman–Crippen MR) is 126 cm³/mol. The highest BCUT2D eigenvalue weighted by molar-refractivity contribution is 9.10. The molecule has 1 unspecified atom stereocenters. The molecule has 2 aromatic rings. The summed E-state index contributed by atoms with van der Waals surface area (Å²) < 4.78 is 11.3. The van der Waals surface area contributed by atoms with Crippen LogP contribution in [0.1, 0.15) is 29.8 Å². The fourth-order valence-electron chi connectivity index (χ4n) is 2.65. The zero-order valence-corrected chi connectivity index (χ0v) is 20.4. The lowest BCUT2D eigenvalue weighted by Gasteiger charge is -2.20. The van der Waals surface area contributed by atoms with Gasteiger partial charge in [0, 0.05) is 16.7 Å². The van der Waals surface area contributed by atoms with Crippen molar-refractivity contribution in [2.45, 2.75) is 19.9 Å². The molecule has 0 radical (unpaired) electrons. The van der Waals surface area contributed by atoms with Gasteiger partial charge in [-0.2, -0.15) is 5.10 Å². The molecular weight excluding hydrogens is 509 g/mol. The van der Waals surface area contributed by atoms with Crippen LogP contribution in [0.2, 0.25) is 10.0 Å². The Kier molecular flexibility index (Phi) is 9.15. The molecule has 0 bridgehead atoms. The highest BCUT2D eigenvalue weighted by atomic mass is 79.9. The van der Waals surface area contributed by atoms with Gasteiger partial charge in [0.15, 0.2) is 0 Å². The van der Waals surface area contributed by atoms with E-state index in [9.17, 15) is 9.59 Å². The van der Waals surface area contributed by atoms with E-state index in [1.807, 2.05) is 0 Å². The van der Waals surface area contributed by atoms with E-state index in [-0.39, 0.29) is 16.5 Å². The van der Waals surface area contributed by atoms with Gasteiger partial charge < -0.3 is 14.8 Å². The fraction of sp³-hybridized carbons (Fsp3) is 0.286. The lowest BCUT2D eigenvalue weighted by molar-refractivity contribution is -0.123. The highest BCUT2D eigenvalue weighted by Gasteiger charge is 2.25. The molecule has 0 saturated carbocycles. The number of nitrogens with one attached hydrogen (secondary N) is 2. The zero-order valence-electron chi connectivity index (χ0n) is 17.3. The van der Waals surface area contributed by atoms with Crippen LogP contribution in [0.3, 0.4) is 0 Å². The van der Waals surface area contributed by atoms with E-state index >= 15 is 0 Å². The Hall–Kier alpha value is -2.29. The molecule has 10 heteroatoms. The Balaban J connectivity index is 2.12. The third kappa shape index (κ3) is 6.59. The van der Waals surface area contributed by atoms with Crippen LogP contribution in [-0.2, 0) is 4.79 Å². The number of rotatable bonds is 8. The summed E-state index contributed by atoms with van der Waals surface area (Å²) in [5.41, 5.74) is 3.29. The van der Waals surface area contributed by atoms with Gasteiger partial charge in [-0.05, 0) is 46.1 Å². The lowest BCUT2D eigenvalue weighted by atomic mass is 10.0. The quantitative estimate of drug-likeness (QED) is 0.383. The van der Waals surface area contributed by atoms with Gasteiger partial charge in [0.25, 0.3) is 11.8 Å². The largest absolute Gasteiger partial charge is 0.496 e. The number of carbonyl (C=O) groups excluding carboxylic acids is 2. The third-order valence-corrected chi connectivity index (χ3v) is 5.46. The maximum atomic E-state index is 12.6. The van der Waals surface area contributed by atoms with E-state index in [0.29, 0.717) is 26.6 Å². The molecule has 0 spiro atoms. The minimum absolute atomic E-state index is 0.197. The van der Waals surface area contributed by atoms with Crippen molar-refractivity contribution in [1.29, 1.82) is 0 Å². The first kappa shape index (κ1) is 25.0. The molecule has 2 amide bonds. The van der Waals surface area contributed by atoms with Gasteiger partial charge in [0.2, 0.25) is 0 Å². The van der Waals surface area contributed by atoms with E-state index in [4.69, 9.17) is 32.7 Å². The summed E-state index contributed by atoms with van der Waals surface area (Å²) in [4.78, 5) is 25.2. The summed E-state index contributed by atoms with van der Waals surface area (Å²) in [7, 11) is 3.07. The Morgan fingerprint density at radius 2 is 1.77 bits per heavy atom. The van der Waals surface area contributed by atoms with E-state index < -0.39 is 17.9 Å². The number of benzene rings is 2. The fourth-order valence-corrected chi connectivity index (χ4v) is 3.66. The molecule has 0 aliphatic heterocycles. The summed E-state index contributed by atoms with van der Waals surface area (Å²) in [5, 5.41) is 7.29. The first-order valence-electron chi connectivity index (χ1n) is 9.18. The summed E-state index contributed by atoms with van der Waals surface area (Å²) in [5.74, 6) is -0.0444. The number of ether oxygens (including phenoxy) is 2. The van der Waals surface area contributed by atoms with Crippen LogP contribution >= 0.6 is 39.1 Å². The van der Waals surface area contributed by atoms with Crippen molar-refractivity contribution < 1.29 is 19.1 Å². The van der Waals surface area contributed by atoms with Crippen molar-refractivity contribution in [2.75, 3.05) is 14.2 Å². The number of halogens is 3. The maximum absolute atomic E-state index is 12.6. The standard InChI is InChI=1S/C21H22BrCl2N3O4/c1-11(2)19(26-20(28)14-6-5-13(23)8-16(14)24)21(29)27-25-10-12-7-15(22)18(31-4)9-17(12)30-3/h5-11,19H,1-4H3,(H,26,28)(H,27,29)/b25-10-. The van der Waals surface area contributed by atoms with E-state index in [1.54, 1.807) is 39.2 Å². The average Bonchev–Trinajstić information content (AvgIpc) is 2.71. The number of methoxy groups -OCH3 is 2. The van der Waals surface area contributed by atoms with Crippen molar-refractivity contribution in [3.05, 3.63) is 56.0 Å². The van der Waals surface area contributed by atoms with Crippen LogP contribution in [0.4, 0.5) is 0 Å². The second kappa shape index (κ2) is 11.4. The number of carbonyl (C=O) groups is 2. The van der Waals surface area contributed by atoms with Gasteiger partial charge >= 0.3 is 0 Å². The second-order valence-corrected chi connectivity index (χ2v) is 8.48. The highest BCUT2D eigenvalue weighted by Crippen LogP contribution is 2.32. The number of amides is 2. The third-order valence-electron chi connectivity index (χ3n) is 4.29.